The monoisotopic (exact) mass is 179 g/mol. The Morgan fingerprint density at radius 2 is 2.00 bits per heavy atom. The Morgan fingerprint density at radius 1 is 1.42 bits per heavy atom. The second-order valence-corrected chi connectivity index (χ2v) is 3.18. The first kappa shape index (κ1) is 9.58. The predicted molar refractivity (Wildman–Crippen MR) is 40.6 cm³/mol. The minimum atomic E-state index is -4.02. The van der Waals surface area contributed by atoms with Crippen molar-refractivity contribution in [1.82, 2.24) is 0 Å². The van der Waals surface area contributed by atoms with Crippen molar-refractivity contribution in [1.29, 1.82) is 0 Å². The summed E-state index contributed by atoms with van der Waals surface area (Å²) < 4.78 is 35.0. The average molecular weight is 179 g/mol. The van der Waals surface area contributed by atoms with E-state index in [1.807, 2.05) is 0 Å². The Balaban J connectivity index is 2.14. The molecule has 4 heteroatoms. The van der Waals surface area contributed by atoms with E-state index in [9.17, 15) is 13.2 Å². The molecule has 0 saturated heterocycles. The van der Waals surface area contributed by atoms with Crippen molar-refractivity contribution < 1.29 is 13.2 Å². The molecule has 0 atom stereocenters. The summed E-state index contributed by atoms with van der Waals surface area (Å²) in [5.74, 6) is 0. The zero-order chi connectivity index (χ0) is 9.19. The van der Waals surface area contributed by atoms with Crippen LogP contribution in [0.15, 0.2) is 11.6 Å². The quantitative estimate of drug-likeness (QED) is 0.647. The largest absolute Gasteiger partial charge is 0.389 e. The number of hydrogen-bond acceptors (Lipinski definition) is 1. The number of alkyl halides is 3. The van der Waals surface area contributed by atoms with Crippen molar-refractivity contribution in [2.45, 2.75) is 37.9 Å². The molecular weight excluding hydrogens is 167 g/mol. The van der Waals surface area contributed by atoms with Gasteiger partial charge in [0.25, 0.3) is 0 Å². The first-order chi connectivity index (χ1) is 5.47. The normalized spacial score (nSPS) is 23.7. The second kappa shape index (κ2) is 3.47. The number of rotatable bonds is 2. The van der Waals surface area contributed by atoms with Gasteiger partial charge in [-0.25, -0.2) is 0 Å². The summed E-state index contributed by atoms with van der Waals surface area (Å²) in [6.45, 7) is 0. The first-order valence-corrected chi connectivity index (χ1v) is 3.97. The van der Waals surface area contributed by atoms with Gasteiger partial charge in [-0.3, -0.25) is 0 Å². The standard InChI is InChI=1S/C8H12F3N/c9-8(10,11)3-1-2-6-4-7(12)5-6/h2,7H,1,3-5,12H2. The van der Waals surface area contributed by atoms with Crippen LogP contribution < -0.4 is 5.73 Å². The van der Waals surface area contributed by atoms with Crippen molar-refractivity contribution >= 4 is 0 Å². The number of halogens is 3. The molecule has 70 valence electrons. The van der Waals surface area contributed by atoms with Gasteiger partial charge in [0.05, 0.1) is 0 Å². The van der Waals surface area contributed by atoms with Crippen LogP contribution in [0.1, 0.15) is 25.7 Å². The first-order valence-electron chi connectivity index (χ1n) is 3.97. The molecular formula is C8H12F3N. The van der Waals surface area contributed by atoms with E-state index in [2.05, 4.69) is 0 Å². The molecule has 1 aliphatic rings. The van der Waals surface area contributed by atoms with Crippen LogP contribution in [-0.4, -0.2) is 12.2 Å². The maximum absolute atomic E-state index is 11.7. The molecule has 0 heterocycles. The van der Waals surface area contributed by atoms with E-state index in [0.29, 0.717) is 0 Å². The lowest BCUT2D eigenvalue weighted by Gasteiger charge is -2.25. The minimum Gasteiger partial charge on any atom is -0.327 e. The zero-order valence-electron chi connectivity index (χ0n) is 6.69. The fourth-order valence-electron chi connectivity index (χ4n) is 1.22. The van der Waals surface area contributed by atoms with Gasteiger partial charge < -0.3 is 5.73 Å². The lowest BCUT2D eigenvalue weighted by atomic mass is 9.86. The van der Waals surface area contributed by atoms with Crippen LogP contribution >= 0.6 is 0 Å². The average Bonchev–Trinajstić information content (AvgIpc) is 1.81. The van der Waals surface area contributed by atoms with Gasteiger partial charge in [-0.1, -0.05) is 11.6 Å². The van der Waals surface area contributed by atoms with Crippen LogP contribution in [-0.2, 0) is 0 Å². The van der Waals surface area contributed by atoms with E-state index in [0.717, 1.165) is 18.4 Å². The zero-order valence-corrected chi connectivity index (χ0v) is 6.69. The van der Waals surface area contributed by atoms with E-state index in [1.54, 1.807) is 6.08 Å². The molecule has 0 amide bonds. The van der Waals surface area contributed by atoms with Crippen LogP contribution in [0.4, 0.5) is 13.2 Å². The second-order valence-electron chi connectivity index (χ2n) is 3.18. The Bertz CT molecular complexity index is 175. The molecule has 12 heavy (non-hydrogen) atoms. The molecule has 1 rings (SSSR count). The smallest absolute Gasteiger partial charge is 0.327 e. The number of hydrogen-bond donors (Lipinski definition) is 1. The molecule has 0 aromatic carbocycles. The predicted octanol–water partition coefficient (Wildman–Crippen LogP) is 2.38. The molecule has 0 aliphatic heterocycles. The summed E-state index contributed by atoms with van der Waals surface area (Å²) in [6.07, 6.45) is -1.42. The third kappa shape index (κ3) is 3.26. The van der Waals surface area contributed by atoms with Crippen molar-refractivity contribution in [2.24, 2.45) is 5.73 Å². The molecule has 0 bridgehead atoms. The highest BCUT2D eigenvalue weighted by Gasteiger charge is 2.26. The van der Waals surface area contributed by atoms with Gasteiger partial charge >= 0.3 is 6.18 Å². The lowest BCUT2D eigenvalue weighted by molar-refractivity contribution is -0.133. The highest BCUT2D eigenvalue weighted by molar-refractivity contribution is 5.14. The summed E-state index contributed by atoms with van der Waals surface area (Å²) in [4.78, 5) is 0. The molecule has 0 radical (unpaired) electrons. The summed E-state index contributed by atoms with van der Waals surface area (Å²) in [5.41, 5.74) is 6.54. The summed E-state index contributed by atoms with van der Waals surface area (Å²) in [6, 6.07) is 0.183. The molecule has 0 spiro atoms. The minimum absolute atomic E-state index is 0.103. The lowest BCUT2D eigenvalue weighted by Crippen LogP contribution is -2.30. The fourth-order valence-corrected chi connectivity index (χ4v) is 1.22. The van der Waals surface area contributed by atoms with E-state index in [4.69, 9.17) is 5.73 Å². The van der Waals surface area contributed by atoms with Crippen LogP contribution in [0.5, 0.6) is 0 Å². The molecule has 1 saturated carbocycles. The number of allylic oxidation sites excluding steroid dienone is 1. The van der Waals surface area contributed by atoms with Crippen molar-refractivity contribution in [3.8, 4) is 0 Å². The third-order valence-corrected chi connectivity index (χ3v) is 1.91. The third-order valence-electron chi connectivity index (χ3n) is 1.91. The van der Waals surface area contributed by atoms with Gasteiger partial charge in [-0.2, -0.15) is 13.2 Å². The topological polar surface area (TPSA) is 26.0 Å². The maximum atomic E-state index is 11.7. The SMILES string of the molecule is NC1CC(=CCCC(F)(F)F)C1. The van der Waals surface area contributed by atoms with Gasteiger partial charge in [0.1, 0.15) is 0 Å². The van der Waals surface area contributed by atoms with Crippen LogP contribution in [0.25, 0.3) is 0 Å². The molecule has 2 N–H and O–H groups in total. The van der Waals surface area contributed by atoms with E-state index >= 15 is 0 Å². The highest BCUT2D eigenvalue weighted by atomic mass is 19.4. The molecule has 0 aromatic rings. The van der Waals surface area contributed by atoms with Crippen molar-refractivity contribution in [2.75, 3.05) is 0 Å². The van der Waals surface area contributed by atoms with E-state index in [-0.39, 0.29) is 12.5 Å². The van der Waals surface area contributed by atoms with Gasteiger partial charge in [0.2, 0.25) is 0 Å². The van der Waals surface area contributed by atoms with Gasteiger partial charge in [-0.15, -0.1) is 0 Å². The van der Waals surface area contributed by atoms with E-state index in [1.165, 1.54) is 0 Å². The Kier molecular flexibility index (Phi) is 2.77. The summed E-state index contributed by atoms with van der Waals surface area (Å²) in [5, 5.41) is 0. The van der Waals surface area contributed by atoms with Gasteiger partial charge in [0.15, 0.2) is 0 Å². The van der Waals surface area contributed by atoms with Crippen molar-refractivity contribution in [3.63, 3.8) is 0 Å². The molecule has 1 fully saturated rings. The van der Waals surface area contributed by atoms with Crippen LogP contribution in [0.2, 0.25) is 0 Å². The highest BCUT2D eigenvalue weighted by Crippen LogP contribution is 2.27. The maximum Gasteiger partial charge on any atom is 0.389 e. The molecule has 0 unspecified atom stereocenters. The van der Waals surface area contributed by atoms with Gasteiger partial charge in [-0.05, 0) is 19.3 Å². The molecule has 1 nitrogen and oxygen atoms in total. The summed E-state index contributed by atoms with van der Waals surface area (Å²) >= 11 is 0. The Hall–Kier alpha value is -0.510. The van der Waals surface area contributed by atoms with Crippen molar-refractivity contribution in [3.05, 3.63) is 11.6 Å². The summed E-state index contributed by atoms with van der Waals surface area (Å²) in [7, 11) is 0. The van der Waals surface area contributed by atoms with Crippen LogP contribution in [0, 0.1) is 0 Å². The Labute approximate surface area is 69.4 Å². The van der Waals surface area contributed by atoms with Crippen LogP contribution in [0.3, 0.4) is 0 Å². The Morgan fingerprint density at radius 3 is 2.42 bits per heavy atom. The molecule has 0 aromatic heterocycles. The fraction of sp³-hybridized carbons (Fsp3) is 0.750. The van der Waals surface area contributed by atoms with E-state index < -0.39 is 12.6 Å². The molecule has 1 aliphatic carbocycles. The van der Waals surface area contributed by atoms with Gasteiger partial charge in [0, 0.05) is 12.5 Å². The number of nitrogens with two attached hydrogens (primary N) is 1.